The first-order valence-electron chi connectivity index (χ1n) is 6.35. The molecule has 1 amide bonds. The number of furan rings is 1. The van der Waals surface area contributed by atoms with E-state index in [0.29, 0.717) is 12.3 Å². The second-order valence-electron chi connectivity index (χ2n) is 4.76. The van der Waals surface area contributed by atoms with Crippen LogP contribution in [0.1, 0.15) is 22.5 Å². The molecule has 1 fully saturated rings. The number of rotatable bonds is 3. The predicted octanol–water partition coefficient (Wildman–Crippen LogP) is 3.50. The van der Waals surface area contributed by atoms with Gasteiger partial charge in [-0.3, -0.25) is 4.79 Å². The Bertz CT molecular complexity index is 623. The van der Waals surface area contributed by atoms with Crippen LogP contribution in [0.2, 0.25) is 0 Å². The molecule has 2 heterocycles. The molecule has 0 radical (unpaired) electrons. The molecule has 5 heteroatoms. The van der Waals surface area contributed by atoms with E-state index in [2.05, 4.69) is 0 Å². The summed E-state index contributed by atoms with van der Waals surface area (Å²) in [6, 6.07) is 10.0. The van der Waals surface area contributed by atoms with Gasteiger partial charge in [0.05, 0.1) is 5.75 Å². The molecule has 0 bridgehead atoms. The van der Waals surface area contributed by atoms with Crippen LogP contribution < -0.4 is 0 Å². The molecule has 3 nitrogen and oxygen atoms in total. The second-order valence-corrected chi connectivity index (χ2v) is 5.83. The Balaban J connectivity index is 1.82. The van der Waals surface area contributed by atoms with Crippen LogP contribution in [0.4, 0.5) is 4.39 Å². The number of carbonyl (C=O) groups excluding carboxylic acids is 1. The summed E-state index contributed by atoms with van der Waals surface area (Å²) in [6.07, 6.45) is 0. The molecular formula is C15H14FNO2S. The van der Waals surface area contributed by atoms with Gasteiger partial charge in [0, 0.05) is 6.54 Å². The number of halogens is 1. The summed E-state index contributed by atoms with van der Waals surface area (Å²) in [5.74, 6) is 1.89. The quantitative estimate of drug-likeness (QED) is 0.868. The number of benzene rings is 1. The van der Waals surface area contributed by atoms with Crippen molar-refractivity contribution in [1.82, 2.24) is 4.90 Å². The number of carbonyl (C=O) groups is 1. The average Bonchev–Trinajstić information content (AvgIpc) is 3.00. The van der Waals surface area contributed by atoms with E-state index in [4.69, 9.17) is 4.42 Å². The molecule has 1 unspecified atom stereocenters. The van der Waals surface area contributed by atoms with Crippen molar-refractivity contribution in [3.63, 3.8) is 0 Å². The molecule has 2 aromatic rings. The Hall–Kier alpha value is -1.75. The van der Waals surface area contributed by atoms with E-state index >= 15 is 0 Å². The lowest BCUT2D eigenvalue weighted by atomic mass is 10.2. The molecule has 1 saturated heterocycles. The first-order chi connectivity index (χ1) is 9.63. The molecule has 1 aromatic heterocycles. The number of thioether (sulfide) groups is 1. The third kappa shape index (κ3) is 2.58. The average molecular weight is 291 g/mol. The van der Waals surface area contributed by atoms with Crippen molar-refractivity contribution in [2.45, 2.75) is 18.8 Å². The molecule has 0 spiro atoms. The van der Waals surface area contributed by atoms with Crippen LogP contribution >= 0.6 is 11.8 Å². The van der Waals surface area contributed by atoms with E-state index in [0.717, 1.165) is 17.1 Å². The molecule has 104 valence electrons. The third-order valence-corrected chi connectivity index (χ3v) is 4.45. The Labute approximate surface area is 120 Å². The number of nitrogens with zero attached hydrogens (tertiary/aromatic N) is 1. The van der Waals surface area contributed by atoms with Crippen LogP contribution in [-0.2, 0) is 11.3 Å². The van der Waals surface area contributed by atoms with Gasteiger partial charge in [-0.25, -0.2) is 4.39 Å². The van der Waals surface area contributed by atoms with E-state index < -0.39 is 0 Å². The van der Waals surface area contributed by atoms with Crippen LogP contribution in [0.3, 0.4) is 0 Å². The normalized spacial score (nSPS) is 18.8. The largest absolute Gasteiger partial charge is 0.463 e. The topological polar surface area (TPSA) is 33.5 Å². The molecular weight excluding hydrogens is 277 g/mol. The molecule has 1 aliphatic heterocycles. The van der Waals surface area contributed by atoms with Gasteiger partial charge < -0.3 is 9.32 Å². The summed E-state index contributed by atoms with van der Waals surface area (Å²) >= 11 is 1.56. The monoisotopic (exact) mass is 291 g/mol. The molecule has 1 atom stereocenters. The van der Waals surface area contributed by atoms with Crippen molar-refractivity contribution in [3.05, 3.63) is 59.3 Å². The highest BCUT2D eigenvalue weighted by molar-refractivity contribution is 8.00. The lowest BCUT2D eigenvalue weighted by Gasteiger charge is -2.22. The summed E-state index contributed by atoms with van der Waals surface area (Å²) in [5, 5.41) is -0.0961. The summed E-state index contributed by atoms with van der Waals surface area (Å²) < 4.78 is 18.5. The molecule has 0 aliphatic carbocycles. The minimum absolute atomic E-state index is 0.0818. The van der Waals surface area contributed by atoms with Gasteiger partial charge in [0.2, 0.25) is 5.91 Å². The Morgan fingerprint density at radius 2 is 2.05 bits per heavy atom. The first kappa shape index (κ1) is 13.2. The Kier molecular flexibility index (Phi) is 3.53. The van der Waals surface area contributed by atoms with Crippen molar-refractivity contribution in [2.24, 2.45) is 0 Å². The predicted molar refractivity (Wildman–Crippen MR) is 75.6 cm³/mol. The van der Waals surface area contributed by atoms with Gasteiger partial charge in [-0.05, 0) is 36.8 Å². The molecule has 0 saturated carbocycles. The van der Waals surface area contributed by atoms with Gasteiger partial charge in [0.25, 0.3) is 0 Å². The van der Waals surface area contributed by atoms with E-state index in [1.807, 2.05) is 19.1 Å². The zero-order chi connectivity index (χ0) is 14.1. The first-order valence-corrected chi connectivity index (χ1v) is 7.40. The fraction of sp³-hybridized carbons (Fsp3) is 0.267. The maximum Gasteiger partial charge on any atom is 0.234 e. The van der Waals surface area contributed by atoms with Crippen LogP contribution in [0.5, 0.6) is 0 Å². The van der Waals surface area contributed by atoms with E-state index in [1.165, 1.54) is 12.1 Å². The highest BCUT2D eigenvalue weighted by Gasteiger charge is 2.34. The smallest absolute Gasteiger partial charge is 0.234 e. The summed E-state index contributed by atoms with van der Waals surface area (Å²) in [4.78, 5) is 13.8. The minimum Gasteiger partial charge on any atom is -0.463 e. The van der Waals surface area contributed by atoms with Crippen LogP contribution in [0.25, 0.3) is 0 Å². The highest BCUT2D eigenvalue weighted by Crippen LogP contribution is 2.40. The van der Waals surface area contributed by atoms with Crippen molar-refractivity contribution in [3.8, 4) is 0 Å². The van der Waals surface area contributed by atoms with E-state index in [-0.39, 0.29) is 17.1 Å². The molecule has 1 aliphatic rings. The van der Waals surface area contributed by atoms with Gasteiger partial charge in [0.15, 0.2) is 0 Å². The Morgan fingerprint density at radius 3 is 2.70 bits per heavy atom. The Morgan fingerprint density at radius 1 is 1.30 bits per heavy atom. The minimum atomic E-state index is -0.269. The van der Waals surface area contributed by atoms with Crippen molar-refractivity contribution in [1.29, 1.82) is 0 Å². The molecule has 20 heavy (non-hydrogen) atoms. The van der Waals surface area contributed by atoms with E-state index in [9.17, 15) is 9.18 Å². The van der Waals surface area contributed by atoms with Gasteiger partial charge in [-0.2, -0.15) is 0 Å². The summed E-state index contributed by atoms with van der Waals surface area (Å²) in [5.41, 5.74) is 0.913. The molecule has 1 aromatic carbocycles. The number of amides is 1. The summed E-state index contributed by atoms with van der Waals surface area (Å²) in [7, 11) is 0. The number of hydrogen-bond acceptors (Lipinski definition) is 3. The van der Waals surface area contributed by atoms with Crippen molar-refractivity contribution in [2.75, 3.05) is 5.75 Å². The molecule has 3 rings (SSSR count). The maximum atomic E-state index is 12.9. The van der Waals surface area contributed by atoms with Crippen LogP contribution in [0, 0.1) is 12.7 Å². The van der Waals surface area contributed by atoms with Gasteiger partial charge in [0.1, 0.15) is 22.7 Å². The second kappa shape index (κ2) is 5.32. The highest BCUT2D eigenvalue weighted by atomic mass is 32.2. The van der Waals surface area contributed by atoms with Crippen molar-refractivity contribution >= 4 is 17.7 Å². The fourth-order valence-corrected chi connectivity index (χ4v) is 3.36. The van der Waals surface area contributed by atoms with E-state index in [1.54, 1.807) is 28.8 Å². The fourth-order valence-electron chi connectivity index (χ4n) is 2.23. The number of hydrogen-bond donors (Lipinski definition) is 0. The lowest BCUT2D eigenvalue weighted by Crippen LogP contribution is -2.27. The van der Waals surface area contributed by atoms with Gasteiger partial charge in [-0.15, -0.1) is 11.8 Å². The zero-order valence-electron chi connectivity index (χ0n) is 11.0. The van der Waals surface area contributed by atoms with Crippen LogP contribution in [0.15, 0.2) is 40.8 Å². The third-order valence-electron chi connectivity index (χ3n) is 3.24. The molecule has 0 N–H and O–H groups in total. The van der Waals surface area contributed by atoms with Gasteiger partial charge in [-0.1, -0.05) is 12.1 Å². The van der Waals surface area contributed by atoms with Gasteiger partial charge >= 0.3 is 0 Å². The lowest BCUT2D eigenvalue weighted by molar-refractivity contribution is -0.128. The zero-order valence-corrected chi connectivity index (χ0v) is 11.8. The SMILES string of the molecule is Cc1ccc(C2SCC(=O)N2Cc2ccc(F)cc2)o1. The standard InChI is InChI=1S/C15H14FNO2S/c1-10-2-7-13(19-10)15-17(14(18)9-20-15)8-11-3-5-12(16)6-4-11/h2-7,15H,8-9H2,1H3. The van der Waals surface area contributed by atoms with Crippen LogP contribution in [-0.4, -0.2) is 16.6 Å². The number of aryl methyl sites for hydroxylation is 1. The summed E-state index contributed by atoms with van der Waals surface area (Å²) in [6.45, 7) is 2.35. The maximum absolute atomic E-state index is 12.9. The van der Waals surface area contributed by atoms with Crippen molar-refractivity contribution < 1.29 is 13.6 Å².